The van der Waals surface area contributed by atoms with E-state index in [2.05, 4.69) is 21.2 Å². The van der Waals surface area contributed by atoms with Gasteiger partial charge >= 0.3 is 0 Å². The van der Waals surface area contributed by atoms with Crippen LogP contribution in [0.15, 0.2) is 21.5 Å². The van der Waals surface area contributed by atoms with E-state index in [0.717, 1.165) is 44.2 Å². The summed E-state index contributed by atoms with van der Waals surface area (Å²) in [4.78, 5) is 11.7. The summed E-state index contributed by atoms with van der Waals surface area (Å²) in [6.45, 7) is 0. The molecule has 0 aromatic heterocycles. The summed E-state index contributed by atoms with van der Waals surface area (Å²) in [6.07, 6.45) is 5.00. The number of primary sulfonamides is 1. The molecule has 3 N–H and O–H groups in total. The quantitative estimate of drug-likeness (QED) is 0.845. The Kier molecular flexibility index (Phi) is 5.00. The van der Waals surface area contributed by atoms with Gasteiger partial charge in [0.1, 0.15) is 5.82 Å². The van der Waals surface area contributed by atoms with E-state index in [0.29, 0.717) is 0 Å². The third-order valence-electron chi connectivity index (χ3n) is 3.50. The van der Waals surface area contributed by atoms with Crippen LogP contribution in [0.5, 0.6) is 0 Å². The van der Waals surface area contributed by atoms with Gasteiger partial charge in [-0.1, -0.05) is 19.3 Å². The molecule has 0 unspecified atom stereocenters. The summed E-state index contributed by atoms with van der Waals surface area (Å²) in [6, 6.07) is 2.13. The minimum absolute atomic E-state index is 0.0506. The van der Waals surface area contributed by atoms with Crippen molar-refractivity contribution in [3.63, 3.8) is 0 Å². The van der Waals surface area contributed by atoms with Gasteiger partial charge in [-0.25, -0.2) is 17.9 Å². The highest BCUT2D eigenvalue weighted by Crippen LogP contribution is 2.26. The maximum atomic E-state index is 13.8. The van der Waals surface area contributed by atoms with Crippen molar-refractivity contribution in [2.45, 2.75) is 43.0 Å². The Bertz CT molecular complexity index is 658. The summed E-state index contributed by atoms with van der Waals surface area (Å²) < 4.78 is 36.3. The molecule has 1 saturated carbocycles. The van der Waals surface area contributed by atoms with Crippen LogP contribution >= 0.6 is 15.9 Å². The van der Waals surface area contributed by atoms with Crippen molar-refractivity contribution in [3.8, 4) is 0 Å². The predicted molar refractivity (Wildman–Crippen MR) is 79.8 cm³/mol. The number of sulfonamides is 1. The molecule has 8 heteroatoms. The zero-order chi connectivity index (χ0) is 15.6. The van der Waals surface area contributed by atoms with E-state index < -0.39 is 26.6 Å². The molecule has 0 heterocycles. The fraction of sp³-hybridized carbons (Fsp3) is 0.462. The van der Waals surface area contributed by atoms with E-state index >= 15 is 0 Å². The van der Waals surface area contributed by atoms with E-state index in [-0.39, 0.29) is 16.1 Å². The third-order valence-corrected chi connectivity index (χ3v) is 5.51. The zero-order valence-corrected chi connectivity index (χ0v) is 13.6. The lowest BCUT2D eigenvalue weighted by Crippen LogP contribution is -2.36. The zero-order valence-electron chi connectivity index (χ0n) is 11.2. The molecule has 1 aromatic carbocycles. The molecule has 0 aliphatic heterocycles. The van der Waals surface area contributed by atoms with Gasteiger partial charge in [-0.15, -0.1) is 0 Å². The average Bonchev–Trinajstić information content (AvgIpc) is 2.41. The normalized spacial score (nSPS) is 16.7. The monoisotopic (exact) mass is 378 g/mol. The predicted octanol–water partition coefficient (Wildman–Crippen LogP) is 2.30. The number of carbonyl (C=O) groups excluding carboxylic acids is 1. The average molecular weight is 379 g/mol. The van der Waals surface area contributed by atoms with E-state index in [4.69, 9.17) is 5.14 Å². The van der Waals surface area contributed by atoms with Crippen molar-refractivity contribution < 1.29 is 17.6 Å². The van der Waals surface area contributed by atoms with Gasteiger partial charge in [-0.2, -0.15) is 0 Å². The number of amides is 1. The summed E-state index contributed by atoms with van der Waals surface area (Å²) in [5.74, 6) is -1.33. The number of nitrogens with two attached hydrogens (primary N) is 1. The van der Waals surface area contributed by atoms with Gasteiger partial charge < -0.3 is 5.32 Å². The van der Waals surface area contributed by atoms with Gasteiger partial charge in [0.05, 0.1) is 9.37 Å². The Morgan fingerprint density at radius 2 is 1.90 bits per heavy atom. The SMILES string of the molecule is NS(=O)(=O)c1cc(C(=O)NC2CCCCC2)cc(F)c1Br. The van der Waals surface area contributed by atoms with Gasteiger partial charge in [0, 0.05) is 11.6 Å². The van der Waals surface area contributed by atoms with Crippen LogP contribution in [0.2, 0.25) is 0 Å². The first-order valence-corrected chi connectivity index (χ1v) is 8.95. The highest BCUT2D eigenvalue weighted by molar-refractivity contribution is 9.10. The molecule has 1 amide bonds. The molecule has 1 aliphatic rings. The molecule has 1 aromatic rings. The highest BCUT2D eigenvalue weighted by Gasteiger charge is 2.22. The second-order valence-electron chi connectivity index (χ2n) is 5.12. The Morgan fingerprint density at radius 3 is 2.48 bits per heavy atom. The van der Waals surface area contributed by atoms with Crippen LogP contribution < -0.4 is 10.5 Å². The van der Waals surface area contributed by atoms with Crippen LogP contribution in [-0.4, -0.2) is 20.4 Å². The first-order chi connectivity index (χ1) is 9.79. The van der Waals surface area contributed by atoms with Gasteiger partial charge in [-0.3, -0.25) is 4.79 Å². The van der Waals surface area contributed by atoms with E-state index in [1.807, 2.05) is 0 Å². The molecule has 5 nitrogen and oxygen atoms in total. The summed E-state index contributed by atoms with van der Waals surface area (Å²) in [5, 5.41) is 7.83. The fourth-order valence-corrected chi connectivity index (χ4v) is 3.96. The van der Waals surface area contributed by atoms with Crippen LogP contribution in [0.1, 0.15) is 42.5 Å². The Balaban J connectivity index is 2.27. The molecule has 2 rings (SSSR count). The van der Waals surface area contributed by atoms with Gasteiger partial charge in [0.2, 0.25) is 10.0 Å². The van der Waals surface area contributed by atoms with E-state index in [1.54, 1.807) is 0 Å². The molecular weight excluding hydrogens is 363 g/mol. The minimum atomic E-state index is -4.11. The molecule has 0 saturated heterocycles. The van der Waals surface area contributed by atoms with Crippen molar-refractivity contribution in [1.29, 1.82) is 0 Å². The van der Waals surface area contributed by atoms with E-state index in [1.165, 1.54) is 0 Å². The molecular formula is C13H16BrFN2O3S. The molecule has 0 spiro atoms. The number of halogens is 2. The van der Waals surface area contributed by atoms with Crippen LogP contribution in [0.4, 0.5) is 4.39 Å². The number of nitrogens with one attached hydrogen (secondary N) is 1. The summed E-state index contributed by atoms with van der Waals surface area (Å²) >= 11 is 2.83. The second kappa shape index (κ2) is 6.41. The van der Waals surface area contributed by atoms with Gasteiger partial charge in [-0.05, 0) is 40.9 Å². The van der Waals surface area contributed by atoms with Gasteiger partial charge in [0.25, 0.3) is 5.91 Å². The number of hydrogen-bond donors (Lipinski definition) is 2. The maximum absolute atomic E-state index is 13.8. The molecule has 116 valence electrons. The topological polar surface area (TPSA) is 89.3 Å². The fourth-order valence-electron chi connectivity index (χ4n) is 2.42. The largest absolute Gasteiger partial charge is 0.349 e. The summed E-state index contributed by atoms with van der Waals surface area (Å²) in [7, 11) is -4.11. The minimum Gasteiger partial charge on any atom is -0.349 e. The van der Waals surface area contributed by atoms with Crippen molar-refractivity contribution in [3.05, 3.63) is 28.0 Å². The maximum Gasteiger partial charge on any atom is 0.251 e. The lowest BCUT2D eigenvalue weighted by Gasteiger charge is -2.22. The highest BCUT2D eigenvalue weighted by atomic mass is 79.9. The molecule has 0 radical (unpaired) electrons. The number of benzene rings is 1. The number of hydrogen-bond acceptors (Lipinski definition) is 3. The third kappa shape index (κ3) is 4.02. The lowest BCUT2D eigenvalue weighted by molar-refractivity contribution is 0.0927. The van der Waals surface area contributed by atoms with Crippen molar-refractivity contribution in [2.24, 2.45) is 5.14 Å². The van der Waals surface area contributed by atoms with Crippen LogP contribution in [-0.2, 0) is 10.0 Å². The molecule has 1 fully saturated rings. The molecule has 1 aliphatic carbocycles. The summed E-state index contributed by atoms with van der Waals surface area (Å²) in [5.41, 5.74) is -0.0506. The number of carbonyl (C=O) groups is 1. The Morgan fingerprint density at radius 1 is 1.29 bits per heavy atom. The Hall–Kier alpha value is -0.990. The first kappa shape index (κ1) is 16.4. The molecule has 21 heavy (non-hydrogen) atoms. The molecule has 0 bridgehead atoms. The van der Waals surface area contributed by atoms with Crippen LogP contribution in [0.25, 0.3) is 0 Å². The smallest absolute Gasteiger partial charge is 0.251 e. The second-order valence-corrected chi connectivity index (χ2v) is 7.45. The van der Waals surface area contributed by atoms with Crippen molar-refractivity contribution >= 4 is 31.9 Å². The van der Waals surface area contributed by atoms with Crippen molar-refractivity contribution in [1.82, 2.24) is 5.32 Å². The van der Waals surface area contributed by atoms with E-state index in [9.17, 15) is 17.6 Å². The van der Waals surface area contributed by atoms with Crippen molar-refractivity contribution in [2.75, 3.05) is 0 Å². The van der Waals surface area contributed by atoms with Crippen LogP contribution in [0, 0.1) is 5.82 Å². The Labute approximate surface area is 131 Å². The standard InChI is InChI=1S/C13H16BrFN2O3S/c14-12-10(15)6-8(7-11(12)21(16,19)20)13(18)17-9-4-2-1-3-5-9/h6-7,9H,1-5H2,(H,17,18)(H2,16,19,20). The first-order valence-electron chi connectivity index (χ1n) is 6.62. The lowest BCUT2D eigenvalue weighted by atomic mass is 9.95. The number of rotatable bonds is 3. The van der Waals surface area contributed by atoms with Crippen LogP contribution in [0.3, 0.4) is 0 Å². The van der Waals surface area contributed by atoms with Gasteiger partial charge in [0.15, 0.2) is 0 Å². The molecule has 0 atom stereocenters.